The predicted octanol–water partition coefficient (Wildman–Crippen LogP) is 3.78. The molecule has 1 aliphatic rings. The van der Waals surface area contributed by atoms with E-state index in [0.717, 1.165) is 0 Å². The van der Waals surface area contributed by atoms with Gasteiger partial charge in [-0.05, 0) is 77.9 Å². The highest BCUT2D eigenvalue weighted by Gasteiger charge is 2.34. The van der Waals surface area contributed by atoms with Crippen LogP contribution in [0.1, 0.15) is 19.4 Å². The number of phenols is 1. The first kappa shape index (κ1) is 21.8. The van der Waals surface area contributed by atoms with E-state index >= 15 is 0 Å². The van der Waals surface area contributed by atoms with Gasteiger partial charge >= 0.3 is 0 Å². The van der Waals surface area contributed by atoms with Gasteiger partial charge in [-0.2, -0.15) is 0 Å². The van der Waals surface area contributed by atoms with Gasteiger partial charge in [-0.1, -0.05) is 6.07 Å². The maximum Gasteiger partial charge on any atom is 0.270 e. The van der Waals surface area contributed by atoms with E-state index in [1.807, 2.05) is 6.92 Å². The van der Waals surface area contributed by atoms with E-state index < -0.39 is 11.8 Å². The van der Waals surface area contributed by atoms with E-state index in [9.17, 15) is 14.7 Å². The predicted molar refractivity (Wildman–Crippen MR) is 121 cm³/mol. The molecule has 0 spiro atoms. The largest absolute Gasteiger partial charge is 0.503 e. The summed E-state index contributed by atoms with van der Waals surface area (Å²) in [4.78, 5) is 26.9. The number of ether oxygens (including phenoxy) is 2. The van der Waals surface area contributed by atoms with Crippen LogP contribution >= 0.6 is 28.1 Å². The molecule has 9 heteroatoms. The topological polar surface area (TPSA) is 88.1 Å². The summed E-state index contributed by atoms with van der Waals surface area (Å²) in [6, 6.07) is 10.0. The number of nitrogens with zero attached hydrogens (tertiary/aromatic N) is 1. The first-order valence-corrected chi connectivity index (χ1v) is 10.4. The molecule has 2 amide bonds. The van der Waals surface area contributed by atoms with Gasteiger partial charge < -0.3 is 14.6 Å². The minimum absolute atomic E-state index is 0.0160. The lowest BCUT2D eigenvalue weighted by Crippen LogP contribution is -2.54. The van der Waals surface area contributed by atoms with Gasteiger partial charge in [0.25, 0.3) is 11.8 Å². The minimum Gasteiger partial charge on any atom is -0.503 e. The number of hydrogen-bond acceptors (Lipinski definition) is 6. The Balaban J connectivity index is 2.02. The third-order valence-electron chi connectivity index (χ3n) is 4.15. The molecule has 2 aromatic carbocycles. The summed E-state index contributed by atoms with van der Waals surface area (Å²) in [6.45, 7) is 4.46. The van der Waals surface area contributed by atoms with Crippen molar-refractivity contribution in [2.24, 2.45) is 0 Å². The van der Waals surface area contributed by atoms with Crippen LogP contribution in [0.3, 0.4) is 0 Å². The monoisotopic (exact) mass is 490 g/mol. The number of thiocarbonyl (C=S) groups is 1. The van der Waals surface area contributed by atoms with Crippen molar-refractivity contribution in [1.82, 2.24) is 5.32 Å². The van der Waals surface area contributed by atoms with Gasteiger partial charge in [-0.25, -0.2) is 0 Å². The molecule has 0 aromatic heterocycles. The van der Waals surface area contributed by atoms with Gasteiger partial charge in [0.05, 0.1) is 23.4 Å². The molecule has 1 fully saturated rings. The molecule has 0 aliphatic carbocycles. The molecule has 2 aromatic rings. The van der Waals surface area contributed by atoms with Crippen LogP contribution < -0.4 is 19.7 Å². The lowest BCUT2D eigenvalue weighted by Gasteiger charge is -2.29. The third-order valence-corrected chi connectivity index (χ3v) is 5.04. The molecule has 0 atom stereocenters. The zero-order chi connectivity index (χ0) is 21.8. The molecule has 0 unspecified atom stereocenters. The zero-order valence-corrected chi connectivity index (χ0v) is 18.7. The number of aromatic hydroxyl groups is 1. The van der Waals surface area contributed by atoms with Gasteiger partial charge in [0, 0.05) is 6.07 Å². The van der Waals surface area contributed by atoms with Crippen molar-refractivity contribution in [3.05, 3.63) is 52.0 Å². The van der Waals surface area contributed by atoms with Crippen LogP contribution in [0.5, 0.6) is 17.2 Å². The number of halogens is 1. The Morgan fingerprint density at radius 1 is 1.17 bits per heavy atom. The quantitative estimate of drug-likeness (QED) is 0.363. The van der Waals surface area contributed by atoms with Crippen LogP contribution in [-0.4, -0.2) is 35.2 Å². The smallest absolute Gasteiger partial charge is 0.270 e. The maximum atomic E-state index is 13.2. The third kappa shape index (κ3) is 4.47. The fourth-order valence-electron chi connectivity index (χ4n) is 2.88. The van der Waals surface area contributed by atoms with Crippen LogP contribution in [0.15, 0.2) is 46.4 Å². The van der Waals surface area contributed by atoms with Crippen LogP contribution in [0.25, 0.3) is 6.08 Å². The highest BCUT2D eigenvalue weighted by atomic mass is 79.9. The summed E-state index contributed by atoms with van der Waals surface area (Å²) in [5, 5.41) is 12.6. The number of amides is 2. The van der Waals surface area contributed by atoms with E-state index in [0.29, 0.717) is 34.7 Å². The Kier molecular flexibility index (Phi) is 6.73. The van der Waals surface area contributed by atoms with Gasteiger partial charge in [0.2, 0.25) is 0 Å². The van der Waals surface area contributed by atoms with Gasteiger partial charge in [-0.15, -0.1) is 0 Å². The second kappa shape index (κ2) is 9.27. The number of carbonyl (C=O) groups excluding carboxylic acids is 2. The minimum atomic E-state index is -0.607. The van der Waals surface area contributed by atoms with Crippen molar-refractivity contribution in [2.75, 3.05) is 18.1 Å². The second-order valence-corrected chi connectivity index (χ2v) is 7.41. The molecule has 3 rings (SSSR count). The summed E-state index contributed by atoms with van der Waals surface area (Å²) in [6.07, 6.45) is 1.42. The molecule has 0 radical (unpaired) electrons. The maximum absolute atomic E-state index is 13.2. The molecular formula is C21H19BrN2O5S. The van der Waals surface area contributed by atoms with Gasteiger partial charge in [0.15, 0.2) is 16.6 Å². The number of hydrogen-bond donors (Lipinski definition) is 2. The fourth-order valence-corrected chi connectivity index (χ4v) is 3.62. The van der Waals surface area contributed by atoms with Crippen molar-refractivity contribution in [1.29, 1.82) is 0 Å². The van der Waals surface area contributed by atoms with Crippen molar-refractivity contribution < 1.29 is 24.2 Å². The SMILES string of the molecule is CCOc1cccc(N2C(=O)C(=Cc3cc(Br)c(O)c(OCC)c3)C(=O)NC2=S)c1. The first-order valence-electron chi connectivity index (χ1n) is 9.15. The fraction of sp³-hybridized carbons (Fsp3) is 0.190. The number of nitrogens with one attached hydrogen (secondary N) is 1. The average molecular weight is 491 g/mol. The Morgan fingerprint density at radius 2 is 1.90 bits per heavy atom. The molecule has 1 aliphatic heterocycles. The highest BCUT2D eigenvalue weighted by molar-refractivity contribution is 9.10. The normalized spacial score (nSPS) is 15.4. The number of phenolic OH excluding ortho intramolecular Hbond substituents is 1. The number of carbonyl (C=O) groups is 2. The summed E-state index contributed by atoms with van der Waals surface area (Å²) in [5.74, 6) is -0.422. The van der Waals surface area contributed by atoms with Crippen molar-refractivity contribution in [3.8, 4) is 17.2 Å². The molecule has 30 heavy (non-hydrogen) atoms. The molecule has 1 saturated heterocycles. The lowest BCUT2D eigenvalue weighted by atomic mass is 10.1. The Hall–Kier alpha value is -2.91. The van der Waals surface area contributed by atoms with Gasteiger partial charge in [0.1, 0.15) is 11.3 Å². The summed E-state index contributed by atoms with van der Waals surface area (Å²) < 4.78 is 11.3. The first-order chi connectivity index (χ1) is 14.3. The van der Waals surface area contributed by atoms with E-state index in [2.05, 4.69) is 21.2 Å². The molecular weight excluding hydrogens is 472 g/mol. The van der Waals surface area contributed by atoms with Crippen LogP contribution in [0.2, 0.25) is 0 Å². The Bertz CT molecular complexity index is 1050. The van der Waals surface area contributed by atoms with E-state index in [4.69, 9.17) is 21.7 Å². The lowest BCUT2D eigenvalue weighted by molar-refractivity contribution is -0.122. The second-order valence-electron chi connectivity index (χ2n) is 6.17. The zero-order valence-electron chi connectivity index (χ0n) is 16.3. The van der Waals surface area contributed by atoms with Crippen molar-refractivity contribution in [2.45, 2.75) is 13.8 Å². The number of rotatable bonds is 6. The molecule has 1 heterocycles. The summed E-state index contributed by atoms with van der Waals surface area (Å²) in [7, 11) is 0. The Morgan fingerprint density at radius 3 is 2.60 bits per heavy atom. The van der Waals surface area contributed by atoms with Crippen LogP contribution in [-0.2, 0) is 9.59 Å². The molecule has 2 N–H and O–H groups in total. The highest BCUT2D eigenvalue weighted by Crippen LogP contribution is 2.36. The number of benzene rings is 2. The molecule has 0 saturated carbocycles. The van der Waals surface area contributed by atoms with E-state index in [-0.39, 0.29) is 22.2 Å². The molecule has 0 bridgehead atoms. The summed E-state index contributed by atoms with van der Waals surface area (Å²) >= 11 is 8.48. The van der Waals surface area contributed by atoms with E-state index in [1.54, 1.807) is 43.3 Å². The molecule has 156 valence electrons. The number of anilines is 1. The van der Waals surface area contributed by atoms with Crippen molar-refractivity contribution >= 4 is 56.8 Å². The van der Waals surface area contributed by atoms with Crippen molar-refractivity contribution in [3.63, 3.8) is 0 Å². The molecule has 7 nitrogen and oxygen atoms in total. The van der Waals surface area contributed by atoms with Gasteiger partial charge in [-0.3, -0.25) is 19.8 Å². The van der Waals surface area contributed by atoms with Crippen LogP contribution in [0.4, 0.5) is 5.69 Å². The Labute approximate surface area is 187 Å². The standard InChI is InChI=1S/C21H19BrN2O5S/c1-3-28-14-7-5-6-13(11-14)24-20(27)15(19(26)23-21(24)30)8-12-9-16(22)18(25)17(10-12)29-4-2/h5-11,25H,3-4H2,1-2H3,(H,23,26,30). The summed E-state index contributed by atoms with van der Waals surface area (Å²) in [5.41, 5.74) is 0.867. The van der Waals surface area contributed by atoms with Crippen LogP contribution in [0, 0.1) is 0 Å². The average Bonchev–Trinajstić information content (AvgIpc) is 2.69. The van der Waals surface area contributed by atoms with E-state index in [1.165, 1.54) is 11.0 Å².